The fourth-order valence-electron chi connectivity index (χ4n) is 4.02. The first-order chi connectivity index (χ1) is 18.3. The Morgan fingerprint density at radius 1 is 0.974 bits per heavy atom. The second-order valence-corrected chi connectivity index (χ2v) is 11.1. The van der Waals surface area contributed by atoms with Crippen molar-refractivity contribution >= 4 is 40.6 Å². The lowest BCUT2D eigenvalue weighted by Crippen LogP contribution is -2.49. The topological polar surface area (TPSA) is 150 Å². The smallest absolute Gasteiger partial charge is 0.273 e. The van der Waals surface area contributed by atoms with Gasteiger partial charge in [-0.3, -0.25) is 19.3 Å². The van der Waals surface area contributed by atoms with Crippen LogP contribution in [0.25, 0.3) is 0 Å². The van der Waals surface area contributed by atoms with Crippen molar-refractivity contribution in [1.29, 1.82) is 0 Å². The number of nitrogens with two attached hydrogens (primary N) is 2. The van der Waals surface area contributed by atoms with Gasteiger partial charge in [0, 0.05) is 11.2 Å². The number of nitrogen functional groups attached to an aromatic ring is 1. The Balaban J connectivity index is 2.29. The number of carbonyl (C=O) groups excluding carboxylic acids is 3. The van der Waals surface area contributed by atoms with Crippen molar-refractivity contribution < 1.29 is 23.9 Å². The highest BCUT2D eigenvalue weighted by molar-refractivity contribution is 7.09. The number of primary amides is 1. The molecule has 0 spiro atoms. The van der Waals surface area contributed by atoms with Crippen molar-refractivity contribution in [2.75, 3.05) is 24.9 Å². The summed E-state index contributed by atoms with van der Waals surface area (Å²) in [6.07, 6.45) is 0. The van der Waals surface area contributed by atoms with Crippen LogP contribution in [0, 0.1) is 0 Å². The van der Waals surface area contributed by atoms with E-state index in [4.69, 9.17) is 20.9 Å². The molecule has 0 saturated carbocycles. The highest BCUT2D eigenvalue weighted by Gasteiger charge is 2.37. The van der Waals surface area contributed by atoms with E-state index >= 15 is 0 Å². The van der Waals surface area contributed by atoms with E-state index in [0.29, 0.717) is 22.7 Å². The fraction of sp³-hybridized carbons (Fsp3) is 0.357. The predicted octanol–water partition coefficient (Wildman–Crippen LogP) is 4.27. The van der Waals surface area contributed by atoms with E-state index in [1.807, 2.05) is 32.9 Å². The third kappa shape index (κ3) is 6.48. The fourth-order valence-corrected chi connectivity index (χ4v) is 4.76. The summed E-state index contributed by atoms with van der Waals surface area (Å²) in [6, 6.07) is 11.2. The first-order valence-corrected chi connectivity index (χ1v) is 13.1. The Labute approximate surface area is 232 Å². The molecule has 0 aliphatic carbocycles. The van der Waals surface area contributed by atoms with Gasteiger partial charge in [0.05, 0.1) is 19.9 Å². The van der Waals surface area contributed by atoms with Crippen LogP contribution in [0.15, 0.2) is 42.5 Å². The second kappa shape index (κ2) is 11.7. The Hall–Kier alpha value is -4.12. The quantitative estimate of drug-likeness (QED) is 0.358. The molecule has 1 unspecified atom stereocenters. The molecular formula is C28H35N5O5S. The molecule has 1 atom stereocenters. The summed E-state index contributed by atoms with van der Waals surface area (Å²) in [7, 11) is 3.00. The van der Waals surface area contributed by atoms with Crippen LogP contribution in [0.4, 0.5) is 11.4 Å². The van der Waals surface area contributed by atoms with Gasteiger partial charge >= 0.3 is 0 Å². The molecule has 0 fully saturated rings. The minimum atomic E-state index is -1.15. The van der Waals surface area contributed by atoms with E-state index in [-0.39, 0.29) is 22.2 Å². The SMILES string of the molecule is COc1ccc(C(C(=O)NC(C)(C)C)N(C(=O)c2snc(C(N)=O)c2N)c2ccc(C(C)C)cc2)cc1OC. The standard InChI is InChI=1S/C28H35N5O5S/c1-15(2)16-8-11-18(12-9-16)33(27(36)24-21(29)22(25(30)34)32-39-24)23(26(35)31-28(3,4)5)17-10-13-19(37-6)20(14-17)38-7/h8-15,23H,29H2,1-7H3,(H2,30,34)(H,31,35). The summed E-state index contributed by atoms with van der Waals surface area (Å²) in [4.78, 5) is 41.3. The molecule has 0 aliphatic heterocycles. The van der Waals surface area contributed by atoms with Crippen molar-refractivity contribution in [3.8, 4) is 11.5 Å². The number of hydrogen-bond acceptors (Lipinski definition) is 8. The van der Waals surface area contributed by atoms with Crippen molar-refractivity contribution in [1.82, 2.24) is 9.69 Å². The van der Waals surface area contributed by atoms with Gasteiger partial charge in [0.1, 0.15) is 10.9 Å². The van der Waals surface area contributed by atoms with Crippen LogP contribution in [0.3, 0.4) is 0 Å². The molecule has 1 aromatic heterocycles. The molecule has 0 bridgehead atoms. The molecule has 3 amide bonds. The number of aromatic nitrogens is 1. The molecule has 0 aliphatic rings. The first kappa shape index (κ1) is 29.4. The molecule has 208 valence electrons. The Bertz CT molecular complexity index is 1360. The molecule has 0 radical (unpaired) electrons. The number of anilines is 2. The number of carbonyl (C=O) groups is 3. The minimum Gasteiger partial charge on any atom is -0.493 e. The number of benzene rings is 2. The molecule has 3 rings (SSSR count). The Morgan fingerprint density at radius 3 is 2.05 bits per heavy atom. The van der Waals surface area contributed by atoms with E-state index < -0.39 is 29.3 Å². The van der Waals surface area contributed by atoms with Crippen LogP contribution in [-0.2, 0) is 4.79 Å². The zero-order chi connectivity index (χ0) is 29.1. The first-order valence-electron chi connectivity index (χ1n) is 12.3. The van der Waals surface area contributed by atoms with Gasteiger partial charge in [0.25, 0.3) is 11.8 Å². The second-order valence-electron chi connectivity index (χ2n) is 10.3. The highest BCUT2D eigenvalue weighted by atomic mass is 32.1. The van der Waals surface area contributed by atoms with E-state index in [1.165, 1.54) is 19.1 Å². The monoisotopic (exact) mass is 553 g/mol. The highest BCUT2D eigenvalue weighted by Crippen LogP contribution is 2.37. The van der Waals surface area contributed by atoms with Crippen LogP contribution < -0.4 is 31.2 Å². The van der Waals surface area contributed by atoms with Crippen molar-refractivity contribution in [2.24, 2.45) is 5.73 Å². The lowest BCUT2D eigenvalue weighted by Gasteiger charge is -2.34. The van der Waals surface area contributed by atoms with E-state index in [0.717, 1.165) is 17.1 Å². The molecule has 39 heavy (non-hydrogen) atoms. The van der Waals surface area contributed by atoms with Crippen LogP contribution in [0.1, 0.15) is 77.9 Å². The molecular weight excluding hydrogens is 518 g/mol. The van der Waals surface area contributed by atoms with Crippen LogP contribution >= 0.6 is 11.5 Å². The third-order valence-electron chi connectivity index (χ3n) is 5.94. The van der Waals surface area contributed by atoms with Gasteiger partial charge in [-0.05, 0) is 73.6 Å². The molecule has 5 N–H and O–H groups in total. The number of ether oxygens (including phenoxy) is 2. The molecule has 0 saturated heterocycles. The average molecular weight is 554 g/mol. The van der Waals surface area contributed by atoms with Crippen LogP contribution in [-0.4, -0.2) is 41.9 Å². The van der Waals surface area contributed by atoms with Gasteiger partial charge in [-0.2, -0.15) is 4.37 Å². The number of rotatable bonds is 9. The molecule has 11 heteroatoms. The lowest BCUT2D eigenvalue weighted by molar-refractivity contribution is -0.123. The molecule has 3 aromatic rings. The van der Waals surface area contributed by atoms with E-state index in [2.05, 4.69) is 23.5 Å². The molecule has 1 heterocycles. The normalized spacial score (nSPS) is 12.1. The zero-order valence-corrected chi connectivity index (χ0v) is 24.0. The van der Waals surface area contributed by atoms with Gasteiger partial charge in [-0.1, -0.05) is 32.0 Å². The summed E-state index contributed by atoms with van der Waals surface area (Å²) in [5, 5.41) is 2.99. The lowest BCUT2D eigenvalue weighted by atomic mass is 9.98. The van der Waals surface area contributed by atoms with E-state index in [1.54, 1.807) is 30.3 Å². The predicted molar refractivity (Wildman–Crippen MR) is 153 cm³/mol. The maximum Gasteiger partial charge on any atom is 0.273 e. The maximum absolute atomic E-state index is 14.2. The third-order valence-corrected chi connectivity index (χ3v) is 6.79. The molecule has 10 nitrogen and oxygen atoms in total. The number of amides is 3. The maximum atomic E-state index is 14.2. The van der Waals surface area contributed by atoms with Gasteiger partial charge in [0.15, 0.2) is 17.2 Å². The van der Waals surface area contributed by atoms with Gasteiger partial charge < -0.3 is 26.3 Å². The van der Waals surface area contributed by atoms with Gasteiger partial charge in [0.2, 0.25) is 5.91 Å². The van der Waals surface area contributed by atoms with Crippen molar-refractivity contribution in [3.63, 3.8) is 0 Å². The minimum absolute atomic E-state index is 0.00854. The van der Waals surface area contributed by atoms with E-state index in [9.17, 15) is 14.4 Å². The largest absolute Gasteiger partial charge is 0.493 e. The number of hydrogen-bond donors (Lipinski definition) is 3. The summed E-state index contributed by atoms with van der Waals surface area (Å²) < 4.78 is 14.9. The Morgan fingerprint density at radius 2 is 1.56 bits per heavy atom. The van der Waals surface area contributed by atoms with Gasteiger partial charge in [-0.25, -0.2) is 0 Å². The Kier molecular flexibility index (Phi) is 8.85. The summed E-state index contributed by atoms with van der Waals surface area (Å²) in [5.74, 6) is -0.790. The summed E-state index contributed by atoms with van der Waals surface area (Å²) in [6.45, 7) is 9.66. The summed E-state index contributed by atoms with van der Waals surface area (Å²) >= 11 is 0.751. The van der Waals surface area contributed by atoms with Crippen LogP contribution in [0.2, 0.25) is 0 Å². The average Bonchev–Trinajstić information content (AvgIpc) is 3.26. The number of nitrogens with one attached hydrogen (secondary N) is 1. The van der Waals surface area contributed by atoms with Gasteiger partial charge in [-0.15, -0.1) is 0 Å². The number of nitrogens with zero attached hydrogens (tertiary/aromatic N) is 2. The van der Waals surface area contributed by atoms with Crippen molar-refractivity contribution in [2.45, 2.75) is 52.1 Å². The zero-order valence-electron chi connectivity index (χ0n) is 23.2. The van der Waals surface area contributed by atoms with Crippen LogP contribution in [0.5, 0.6) is 11.5 Å². The number of methoxy groups -OCH3 is 2. The van der Waals surface area contributed by atoms with Crippen molar-refractivity contribution in [3.05, 3.63) is 64.2 Å². The molecule has 2 aromatic carbocycles. The summed E-state index contributed by atoms with van der Waals surface area (Å²) in [5.41, 5.74) is 12.6.